The van der Waals surface area contributed by atoms with Crippen molar-refractivity contribution in [3.8, 4) is 0 Å². The first-order valence-corrected chi connectivity index (χ1v) is 6.06. The maximum absolute atomic E-state index is 5.72. The van der Waals surface area contributed by atoms with Crippen LogP contribution in [0.25, 0.3) is 0 Å². The number of anilines is 1. The lowest BCUT2D eigenvalue weighted by molar-refractivity contribution is 0.563. The fourth-order valence-electron chi connectivity index (χ4n) is 1.70. The van der Waals surface area contributed by atoms with Crippen molar-refractivity contribution < 1.29 is 4.42 Å². The minimum atomic E-state index is 0.470. The number of halogens is 1. The maximum Gasteiger partial charge on any atom is 0.133 e. The third kappa shape index (κ3) is 2.87. The van der Waals surface area contributed by atoms with Crippen LogP contribution in [0.2, 0.25) is 0 Å². The molecule has 4 nitrogen and oxygen atoms in total. The zero-order chi connectivity index (χ0) is 12.3. The predicted octanol–water partition coefficient (Wildman–Crippen LogP) is 2.53. The van der Waals surface area contributed by atoms with Gasteiger partial charge in [-0.1, -0.05) is 0 Å². The number of aromatic nitrogens is 1. The molecule has 90 valence electrons. The van der Waals surface area contributed by atoms with E-state index in [1.165, 1.54) is 0 Å². The first kappa shape index (κ1) is 12.1. The summed E-state index contributed by atoms with van der Waals surface area (Å²) in [7, 11) is 1.99. The molecule has 0 bridgehead atoms. The second-order valence-corrected chi connectivity index (χ2v) is 4.74. The van der Waals surface area contributed by atoms with Crippen LogP contribution in [-0.2, 0) is 13.1 Å². The minimum absolute atomic E-state index is 0.470. The van der Waals surface area contributed by atoms with Gasteiger partial charge in [-0.15, -0.1) is 0 Å². The first-order valence-electron chi connectivity index (χ1n) is 5.27. The van der Waals surface area contributed by atoms with Crippen LogP contribution < -0.4 is 10.6 Å². The molecule has 2 N–H and O–H groups in total. The molecule has 0 aliphatic heterocycles. The van der Waals surface area contributed by atoms with Crippen molar-refractivity contribution in [2.75, 3.05) is 11.9 Å². The molecule has 0 fully saturated rings. The second kappa shape index (κ2) is 5.33. The Labute approximate surface area is 109 Å². The summed E-state index contributed by atoms with van der Waals surface area (Å²) in [6.45, 7) is 1.22. The van der Waals surface area contributed by atoms with E-state index in [9.17, 15) is 0 Å². The third-order valence-electron chi connectivity index (χ3n) is 2.49. The molecule has 0 saturated carbocycles. The lowest BCUT2D eigenvalue weighted by Gasteiger charge is -2.20. The summed E-state index contributed by atoms with van der Waals surface area (Å²) in [4.78, 5) is 6.45. The molecule has 2 heterocycles. The second-order valence-electron chi connectivity index (χ2n) is 3.83. The molecule has 0 unspecified atom stereocenters. The Morgan fingerprint density at radius 2 is 2.35 bits per heavy atom. The summed E-state index contributed by atoms with van der Waals surface area (Å²) in [5.41, 5.74) is 7.85. The highest BCUT2D eigenvalue weighted by Crippen LogP contribution is 2.21. The van der Waals surface area contributed by atoms with Crippen molar-refractivity contribution >= 4 is 21.7 Å². The summed E-state index contributed by atoms with van der Waals surface area (Å²) in [5, 5.41) is 0. The standard InChI is InChI=1S/C12H14BrN3O/c1-16(7-9-2-3-17-8-9)12-10(5-14)4-11(13)6-15-12/h2-4,6,8H,5,7,14H2,1H3. The average molecular weight is 296 g/mol. The van der Waals surface area contributed by atoms with Crippen LogP contribution in [0.3, 0.4) is 0 Å². The summed E-state index contributed by atoms with van der Waals surface area (Å²) < 4.78 is 5.99. The lowest BCUT2D eigenvalue weighted by atomic mass is 10.2. The zero-order valence-corrected chi connectivity index (χ0v) is 11.1. The van der Waals surface area contributed by atoms with Gasteiger partial charge in [0.05, 0.1) is 12.5 Å². The minimum Gasteiger partial charge on any atom is -0.472 e. The van der Waals surface area contributed by atoms with Gasteiger partial charge in [-0.3, -0.25) is 0 Å². The van der Waals surface area contributed by atoms with Gasteiger partial charge in [-0.2, -0.15) is 0 Å². The van der Waals surface area contributed by atoms with Gasteiger partial charge in [-0.05, 0) is 28.1 Å². The van der Waals surface area contributed by atoms with Crippen molar-refractivity contribution in [2.45, 2.75) is 13.1 Å². The summed E-state index contributed by atoms with van der Waals surface area (Å²) in [5.74, 6) is 0.900. The molecule has 2 aromatic heterocycles. The van der Waals surface area contributed by atoms with E-state index >= 15 is 0 Å². The number of pyridine rings is 1. The van der Waals surface area contributed by atoms with Crippen molar-refractivity contribution in [3.05, 3.63) is 46.5 Å². The number of furan rings is 1. The predicted molar refractivity (Wildman–Crippen MR) is 70.6 cm³/mol. The highest BCUT2D eigenvalue weighted by atomic mass is 79.9. The fraction of sp³-hybridized carbons (Fsp3) is 0.250. The van der Waals surface area contributed by atoms with E-state index in [0.717, 1.165) is 28.0 Å². The van der Waals surface area contributed by atoms with Crippen LogP contribution >= 0.6 is 15.9 Å². The Morgan fingerprint density at radius 3 is 3.00 bits per heavy atom. The summed E-state index contributed by atoms with van der Waals surface area (Å²) in [6, 6.07) is 3.94. The van der Waals surface area contributed by atoms with Crippen molar-refractivity contribution in [1.82, 2.24) is 4.98 Å². The number of nitrogens with zero attached hydrogens (tertiary/aromatic N) is 2. The quantitative estimate of drug-likeness (QED) is 0.942. The van der Waals surface area contributed by atoms with E-state index in [2.05, 4.69) is 25.8 Å². The molecule has 17 heavy (non-hydrogen) atoms. The van der Waals surface area contributed by atoms with Gasteiger partial charge in [0.1, 0.15) is 5.82 Å². The van der Waals surface area contributed by atoms with Gasteiger partial charge in [0.15, 0.2) is 0 Å². The van der Waals surface area contributed by atoms with Crippen molar-refractivity contribution in [3.63, 3.8) is 0 Å². The van der Waals surface area contributed by atoms with E-state index in [1.54, 1.807) is 18.7 Å². The van der Waals surface area contributed by atoms with Crippen LogP contribution in [0.15, 0.2) is 39.7 Å². The Hall–Kier alpha value is -1.33. The molecule has 0 aliphatic carbocycles. The third-order valence-corrected chi connectivity index (χ3v) is 2.92. The Kier molecular flexibility index (Phi) is 3.81. The first-order chi connectivity index (χ1) is 8.20. The summed E-state index contributed by atoms with van der Waals surface area (Å²) in [6.07, 6.45) is 5.18. The highest BCUT2D eigenvalue weighted by molar-refractivity contribution is 9.10. The molecule has 0 amide bonds. The smallest absolute Gasteiger partial charge is 0.133 e. The lowest BCUT2D eigenvalue weighted by Crippen LogP contribution is -2.20. The van der Waals surface area contributed by atoms with Gasteiger partial charge >= 0.3 is 0 Å². The highest BCUT2D eigenvalue weighted by Gasteiger charge is 2.09. The number of nitrogens with two attached hydrogens (primary N) is 1. The monoisotopic (exact) mass is 295 g/mol. The maximum atomic E-state index is 5.72. The molecule has 0 radical (unpaired) electrons. The molecule has 5 heteroatoms. The zero-order valence-electron chi connectivity index (χ0n) is 9.56. The van der Waals surface area contributed by atoms with E-state index in [0.29, 0.717) is 6.54 Å². The average Bonchev–Trinajstić information content (AvgIpc) is 2.81. The van der Waals surface area contributed by atoms with Gasteiger partial charge in [-0.25, -0.2) is 4.98 Å². The largest absolute Gasteiger partial charge is 0.472 e. The van der Waals surface area contributed by atoms with Gasteiger partial charge in [0.25, 0.3) is 0 Å². The van der Waals surface area contributed by atoms with Gasteiger partial charge in [0.2, 0.25) is 0 Å². The topological polar surface area (TPSA) is 55.3 Å². The van der Waals surface area contributed by atoms with E-state index in [1.807, 2.05) is 19.2 Å². The summed E-state index contributed by atoms with van der Waals surface area (Å²) >= 11 is 3.40. The SMILES string of the molecule is CN(Cc1ccoc1)c1ncc(Br)cc1CN. The molecule has 0 aliphatic rings. The number of rotatable bonds is 4. The number of hydrogen-bond donors (Lipinski definition) is 1. The number of hydrogen-bond acceptors (Lipinski definition) is 4. The van der Waals surface area contributed by atoms with E-state index < -0.39 is 0 Å². The Bertz CT molecular complexity index is 485. The van der Waals surface area contributed by atoms with E-state index in [4.69, 9.17) is 10.2 Å². The molecule has 0 atom stereocenters. The molecule has 0 saturated heterocycles. The fourth-order valence-corrected chi connectivity index (χ4v) is 2.08. The Morgan fingerprint density at radius 1 is 1.53 bits per heavy atom. The van der Waals surface area contributed by atoms with Crippen molar-refractivity contribution in [2.24, 2.45) is 5.73 Å². The van der Waals surface area contributed by atoms with Crippen molar-refractivity contribution in [1.29, 1.82) is 0 Å². The van der Waals surface area contributed by atoms with Crippen LogP contribution in [0, 0.1) is 0 Å². The Balaban J connectivity index is 2.21. The van der Waals surface area contributed by atoms with Crippen LogP contribution in [-0.4, -0.2) is 12.0 Å². The molecule has 0 aromatic carbocycles. The molecule has 2 rings (SSSR count). The van der Waals surface area contributed by atoms with Crippen LogP contribution in [0.1, 0.15) is 11.1 Å². The molecule has 0 spiro atoms. The van der Waals surface area contributed by atoms with E-state index in [-0.39, 0.29) is 0 Å². The molecular formula is C12H14BrN3O. The normalized spacial score (nSPS) is 10.5. The van der Waals surface area contributed by atoms with Gasteiger partial charge in [0, 0.05) is 41.9 Å². The molecular weight excluding hydrogens is 282 g/mol. The molecule has 2 aromatic rings. The van der Waals surface area contributed by atoms with Crippen LogP contribution in [0.5, 0.6) is 0 Å². The van der Waals surface area contributed by atoms with Crippen LogP contribution in [0.4, 0.5) is 5.82 Å². The van der Waals surface area contributed by atoms with Gasteiger partial charge < -0.3 is 15.1 Å².